The maximum absolute atomic E-state index is 14.0. The van der Waals surface area contributed by atoms with Crippen molar-refractivity contribution in [3.8, 4) is 0 Å². The summed E-state index contributed by atoms with van der Waals surface area (Å²) in [5, 5.41) is 3.28. The zero-order valence-corrected chi connectivity index (χ0v) is 22.0. The van der Waals surface area contributed by atoms with E-state index in [4.69, 9.17) is 4.74 Å². The number of ketones is 1. The SMILES string of the molecule is CCN(C)C(CC)(Cc1ccc(C(=O)N2CCNCC2)cc1)C(=O)c1ccc(N2CCOCC2)cc1. The summed E-state index contributed by atoms with van der Waals surface area (Å²) in [7, 11) is 2.03. The van der Waals surface area contributed by atoms with Crippen molar-refractivity contribution in [2.45, 2.75) is 32.2 Å². The molecule has 1 N–H and O–H groups in total. The van der Waals surface area contributed by atoms with Crippen LogP contribution in [0.5, 0.6) is 0 Å². The minimum atomic E-state index is -0.653. The van der Waals surface area contributed by atoms with Gasteiger partial charge in [-0.25, -0.2) is 0 Å². The van der Waals surface area contributed by atoms with Crippen LogP contribution in [0.4, 0.5) is 5.69 Å². The standard InChI is InChI=1S/C29H40N4O3/c1-4-29(31(3)5-2,27(34)24-10-12-26(13-11-24)32-18-20-36-21-19-32)22-23-6-8-25(9-7-23)28(35)33-16-14-30-15-17-33/h6-13,30H,4-5,14-22H2,1-3H3. The Bertz CT molecular complexity index is 1010. The number of nitrogens with zero attached hydrogens (tertiary/aromatic N) is 3. The summed E-state index contributed by atoms with van der Waals surface area (Å²) in [6.45, 7) is 11.3. The average molecular weight is 493 g/mol. The number of hydrogen-bond acceptors (Lipinski definition) is 6. The van der Waals surface area contributed by atoms with E-state index in [2.05, 4.69) is 41.1 Å². The van der Waals surface area contributed by atoms with Gasteiger partial charge in [0.05, 0.1) is 18.8 Å². The number of carbonyl (C=O) groups excluding carboxylic acids is 2. The fraction of sp³-hybridized carbons (Fsp3) is 0.517. The van der Waals surface area contributed by atoms with Gasteiger partial charge >= 0.3 is 0 Å². The van der Waals surface area contributed by atoms with Gasteiger partial charge in [0.2, 0.25) is 0 Å². The van der Waals surface area contributed by atoms with Crippen LogP contribution in [0.25, 0.3) is 0 Å². The molecule has 2 aliphatic rings. The third-order valence-corrected chi connectivity index (χ3v) is 7.82. The van der Waals surface area contributed by atoms with Gasteiger partial charge in [-0.1, -0.05) is 26.0 Å². The first-order valence-corrected chi connectivity index (χ1v) is 13.3. The van der Waals surface area contributed by atoms with E-state index < -0.39 is 5.54 Å². The van der Waals surface area contributed by atoms with Gasteiger partial charge in [0.1, 0.15) is 0 Å². The molecule has 1 amide bonds. The normalized spacial score (nSPS) is 18.2. The second kappa shape index (κ2) is 12.0. The van der Waals surface area contributed by atoms with Crippen molar-refractivity contribution in [3.05, 3.63) is 65.2 Å². The van der Waals surface area contributed by atoms with Gasteiger partial charge in [0.25, 0.3) is 5.91 Å². The molecule has 194 valence electrons. The van der Waals surface area contributed by atoms with E-state index >= 15 is 0 Å². The largest absolute Gasteiger partial charge is 0.378 e. The molecule has 0 saturated carbocycles. The number of likely N-dealkylation sites (N-methyl/N-ethyl adjacent to an activating group) is 1. The fourth-order valence-electron chi connectivity index (χ4n) is 5.31. The number of ether oxygens (including phenoxy) is 1. The Kier molecular flexibility index (Phi) is 8.77. The van der Waals surface area contributed by atoms with Crippen LogP contribution in [0, 0.1) is 0 Å². The highest BCUT2D eigenvalue weighted by Gasteiger charge is 2.40. The number of piperazine rings is 1. The van der Waals surface area contributed by atoms with Crippen LogP contribution in [0.1, 0.15) is 46.5 Å². The van der Waals surface area contributed by atoms with Crippen molar-refractivity contribution in [1.29, 1.82) is 0 Å². The van der Waals surface area contributed by atoms with Gasteiger partial charge < -0.3 is 19.9 Å². The van der Waals surface area contributed by atoms with E-state index in [1.807, 2.05) is 48.3 Å². The molecule has 2 fully saturated rings. The number of anilines is 1. The molecular weight excluding hydrogens is 452 g/mol. The quantitative estimate of drug-likeness (QED) is 0.543. The first-order chi connectivity index (χ1) is 17.5. The molecule has 1 atom stereocenters. The van der Waals surface area contributed by atoms with Crippen LogP contribution < -0.4 is 10.2 Å². The van der Waals surface area contributed by atoms with E-state index in [0.717, 1.165) is 75.8 Å². The van der Waals surface area contributed by atoms with Crippen molar-refractivity contribution in [3.63, 3.8) is 0 Å². The Hall–Kier alpha value is -2.74. The molecule has 2 aromatic rings. The molecule has 2 heterocycles. The highest BCUT2D eigenvalue weighted by atomic mass is 16.5. The number of carbonyl (C=O) groups is 2. The Morgan fingerprint density at radius 2 is 1.53 bits per heavy atom. The van der Waals surface area contributed by atoms with Crippen LogP contribution in [-0.4, -0.2) is 93.1 Å². The first-order valence-electron chi connectivity index (χ1n) is 13.3. The van der Waals surface area contributed by atoms with E-state index in [-0.39, 0.29) is 11.7 Å². The summed E-state index contributed by atoms with van der Waals surface area (Å²) in [6.07, 6.45) is 1.29. The predicted molar refractivity (Wildman–Crippen MR) is 144 cm³/mol. The van der Waals surface area contributed by atoms with Crippen molar-refractivity contribution >= 4 is 17.4 Å². The summed E-state index contributed by atoms with van der Waals surface area (Å²) in [5.41, 5.74) is 2.98. The molecule has 2 saturated heterocycles. The Morgan fingerprint density at radius 1 is 0.917 bits per heavy atom. The number of benzene rings is 2. The Labute approximate surface area is 215 Å². The van der Waals surface area contributed by atoms with Gasteiger partial charge in [-0.05, 0) is 68.4 Å². The zero-order chi connectivity index (χ0) is 25.5. The first kappa shape index (κ1) is 26.3. The van der Waals surface area contributed by atoms with Gasteiger partial charge in [-0.2, -0.15) is 0 Å². The molecule has 0 bridgehead atoms. The third kappa shape index (κ3) is 5.64. The summed E-state index contributed by atoms with van der Waals surface area (Å²) in [6, 6.07) is 15.9. The number of nitrogens with one attached hydrogen (secondary N) is 1. The summed E-state index contributed by atoms with van der Waals surface area (Å²) >= 11 is 0. The van der Waals surface area contributed by atoms with Crippen LogP contribution >= 0.6 is 0 Å². The number of hydrogen-bond donors (Lipinski definition) is 1. The van der Waals surface area contributed by atoms with Gasteiger partial charge in [0, 0.05) is 56.1 Å². The molecule has 2 aromatic carbocycles. The highest BCUT2D eigenvalue weighted by molar-refractivity contribution is 6.03. The van der Waals surface area contributed by atoms with Crippen molar-refractivity contribution in [1.82, 2.24) is 15.1 Å². The number of morpholine rings is 1. The van der Waals surface area contributed by atoms with Gasteiger partial charge in [-0.3, -0.25) is 14.5 Å². The minimum absolute atomic E-state index is 0.0758. The average Bonchev–Trinajstić information content (AvgIpc) is 2.96. The molecule has 0 aromatic heterocycles. The van der Waals surface area contributed by atoms with Crippen LogP contribution in [0.2, 0.25) is 0 Å². The molecular formula is C29H40N4O3. The third-order valence-electron chi connectivity index (χ3n) is 7.82. The second-order valence-electron chi connectivity index (χ2n) is 9.79. The van der Waals surface area contributed by atoms with Crippen molar-refractivity contribution < 1.29 is 14.3 Å². The summed E-state index contributed by atoms with van der Waals surface area (Å²) in [4.78, 5) is 33.3. The lowest BCUT2D eigenvalue weighted by Gasteiger charge is -2.40. The number of amides is 1. The summed E-state index contributed by atoms with van der Waals surface area (Å²) < 4.78 is 5.46. The fourth-order valence-corrected chi connectivity index (χ4v) is 5.31. The molecule has 7 nitrogen and oxygen atoms in total. The van der Waals surface area contributed by atoms with Crippen LogP contribution in [0.15, 0.2) is 48.5 Å². The van der Waals surface area contributed by atoms with Crippen LogP contribution in [0.3, 0.4) is 0 Å². The molecule has 36 heavy (non-hydrogen) atoms. The smallest absolute Gasteiger partial charge is 0.253 e. The number of Topliss-reactive ketones (excluding diaryl/α,β-unsaturated/α-hetero) is 1. The highest BCUT2D eigenvalue weighted by Crippen LogP contribution is 2.30. The van der Waals surface area contributed by atoms with E-state index in [9.17, 15) is 9.59 Å². The zero-order valence-electron chi connectivity index (χ0n) is 22.0. The predicted octanol–water partition coefficient (Wildman–Crippen LogP) is 3.09. The van der Waals surface area contributed by atoms with Gasteiger partial charge in [-0.15, -0.1) is 0 Å². The van der Waals surface area contributed by atoms with E-state index in [1.54, 1.807) is 0 Å². The molecule has 1 unspecified atom stereocenters. The lowest BCUT2D eigenvalue weighted by atomic mass is 9.79. The van der Waals surface area contributed by atoms with Crippen molar-refractivity contribution in [2.75, 3.05) is 71.0 Å². The summed E-state index contributed by atoms with van der Waals surface area (Å²) in [5.74, 6) is 0.218. The minimum Gasteiger partial charge on any atom is -0.378 e. The van der Waals surface area contributed by atoms with Gasteiger partial charge in [0.15, 0.2) is 5.78 Å². The Morgan fingerprint density at radius 3 is 2.11 bits per heavy atom. The second-order valence-corrected chi connectivity index (χ2v) is 9.79. The van der Waals surface area contributed by atoms with Crippen molar-refractivity contribution in [2.24, 2.45) is 0 Å². The lowest BCUT2D eigenvalue weighted by molar-refractivity contribution is 0.0614. The maximum atomic E-state index is 14.0. The maximum Gasteiger partial charge on any atom is 0.253 e. The molecule has 4 rings (SSSR count). The number of rotatable bonds is 9. The molecule has 7 heteroatoms. The monoisotopic (exact) mass is 492 g/mol. The molecule has 2 aliphatic heterocycles. The lowest BCUT2D eigenvalue weighted by Crippen LogP contribution is -2.54. The van der Waals surface area contributed by atoms with E-state index in [0.29, 0.717) is 18.4 Å². The molecule has 0 aliphatic carbocycles. The van der Waals surface area contributed by atoms with E-state index in [1.165, 1.54) is 0 Å². The topological polar surface area (TPSA) is 65.1 Å². The molecule has 0 spiro atoms. The molecule has 0 radical (unpaired) electrons. The van der Waals surface area contributed by atoms with Crippen LogP contribution in [-0.2, 0) is 11.2 Å². The Balaban J connectivity index is 1.53.